The Morgan fingerprint density at radius 2 is 2.05 bits per heavy atom. The molecule has 1 aliphatic heterocycles. The van der Waals surface area contributed by atoms with Crippen LogP contribution in [-0.2, 0) is 17.1 Å². The lowest BCUT2D eigenvalue weighted by Gasteiger charge is -2.19. The van der Waals surface area contributed by atoms with Crippen molar-refractivity contribution in [3.8, 4) is 0 Å². The summed E-state index contributed by atoms with van der Waals surface area (Å²) in [6.07, 6.45) is 3.62. The van der Waals surface area contributed by atoms with Gasteiger partial charge in [-0.3, -0.25) is 4.68 Å². The van der Waals surface area contributed by atoms with Gasteiger partial charge in [0, 0.05) is 43.1 Å². The molecule has 6 nitrogen and oxygen atoms in total. The third-order valence-corrected chi connectivity index (χ3v) is 5.42. The molecule has 118 valence electrons. The summed E-state index contributed by atoms with van der Waals surface area (Å²) in [7, 11) is -1.82. The van der Waals surface area contributed by atoms with Gasteiger partial charge in [0.2, 0.25) is 10.0 Å². The van der Waals surface area contributed by atoms with Crippen LogP contribution in [-0.4, -0.2) is 37.3 Å². The van der Waals surface area contributed by atoms with Crippen molar-refractivity contribution in [1.82, 2.24) is 14.5 Å². The minimum absolute atomic E-state index is 0.110. The van der Waals surface area contributed by atoms with Crippen LogP contribution in [0.5, 0.6) is 0 Å². The highest BCUT2D eigenvalue weighted by Gasteiger charge is 2.28. The Balaban J connectivity index is 1.67. The molecule has 2 heterocycles. The highest BCUT2D eigenvalue weighted by molar-refractivity contribution is 7.89. The maximum atomic E-state index is 12.3. The van der Waals surface area contributed by atoms with Gasteiger partial charge in [-0.15, -0.1) is 0 Å². The fourth-order valence-corrected chi connectivity index (χ4v) is 3.94. The minimum Gasteiger partial charge on any atom is -0.370 e. The molecule has 0 bridgehead atoms. The molecule has 0 amide bonds. The number of halogens is 1. The minimum atomic E-state index is -3.52. The van der Waals surface area contributed by atoms with Crippen molar-refractivity contribution in [2.45, 2.75) is 17.4 Å². The Kier molecular flexibility index (Phi) is 4.12. The third kappa shape index (κ3) is 3.26. The largest absolute Gasteiger partial charge is 0.370 e. The number of hydrogen-bond acceptors (Lipinski definition) is 4. The lowest BCUT2D eigenvalue weighted by molar-refractivity contribution is 0.561. The van der Waals surface area contributed by atoms with E-state index >= 15 is 0 Å². The number of aromatic nitrogens is 2. The first-order chi connectivity index (χ1) is 10.4. The number of rotatable bonds is 4. The number of nitrogens with one attached hydrogen (secondary N) is 1. The van der Waals surface area contributed by atoms with Crippen LogP contribution in [0.3, 0.4) is 0 Å². The van der Waals surface area contributed by atoms with E-state index in [9.17, 15) is 8.42 Å². The van der Waals surface area contributed by atoms with Crippen molar-refractivity contribution in [3.05, 3.63) is 41.7 Å². The Hall–Kier alpha value is -1.57. The molecule has 1 fully saturated rings. The molecule has 0 aliphatic carbocycles. The predicted molar refractivity (Wildman–Crippen MR) is 85.6 cm³/mol. The van der Waals surface area contributed by atoms with Crippen LogP contribution >= 0.6 is 11.6 Å². The van der Waals surface area contributed by atoms with Gasteiger partial charge < -0.3 is 4.90 Å². The van der Waals surface area contributed by atoms with Crippen molar-refractivity contribution in [2.75, 3.05) is 18.0 Å². The first-order valence-corrected chi connectivity index (χ1v) is 8.82. The van der Waals surface area contributed by atoms with Gasteiger partial charge in [0.15, 0.2) is 0 Å². The molecular weight excluding hydrogens is 324 g/mol. The summed E-state index contributed by atoms with van der Waals surface area (Å²) in [6.45, 7) is 1.45. The molecule has 1 aliphatic rings. The van der Waals surface area contributed by atoms with E-state index < -0.39 is 10.0 Å². The van der Waals surface area contributed by atoms with E-state index in [1.807, 2.05) is 24.3 Å². The first-order valence-electron chi connectivity index (χ1n) is 6.95. The molecule has 22 heavy (non-hydrogen) atoms. The van der Waals surface area contributed by atoms with Gasteiger partial charge in [-0.2, -0.15) is 5.10 Å². The van der Waals surface area contributed by atoms with Gasteiger partial charge in [0.25, 0.3) is 0 Å². The molecule has 0 radical (unpaired) electrons. The average Bonchev–Trinajstić information content (AvgIpc) is 3.09. The summed E-state index contributed by atoms with van der Waals surface area (Å²) in [5.74, 6) is 0. The smallest absolute Gasteiger partial charge is 0.244 e. The topological polar surface area (TPSA) is 67.2 Å². The molecule has 1 saturated heterocycles. The zero-order valence-electron chi connectivity index (χ0n) is 12.1. The molecule has 2 aromatic rings. The summed E-state index contributed by atoms with van der Waals surface area (Å²) >= 11 is 5.89. The lowest BCUT2D eigenvalue weighted by Crippen LogP contribution is -2.36. The summed E-state index contributed by atoms with van der Waals surface area (Å²) < 4.78 is 28.8. The van der Waals surface area contributed by atoms with E-state index in [4.69, 9.17) is 11.6 Å². The normalized spacial score (nSPS) is 18.8. The number of aryl methyl sites for hydroxylation is 1. The zero-order valence-corrected chi connectivity index (χ0v) is 13.7. The molecule has 1 N–H and O–H groups in total. The highest BCUT2D eigenvalue weighted by atomic mass is 35.5. The summed E-state index contributed by atoms with van der Waals surface area (Å²) in [5, 5.41) is 4.59. The van der Waals surface area contributed by atoms with E-state index in [0.717, 1.165) is 18.7 Å². The summed E-state index contributed by atoms with van der Waals surface area (Å²) in [5.41, 5.74) is 1.05. The van der Waals surface area contributed by atoms with Crippen molar-refractivity contribution < 1.29 is 8.42 Å². The second kappa shape index (κ2) is 5.91. The van der Waals surface area contributed by atoms with Crippen molar-refractivity contribution in [3.63, 3.8) is 0 Å². The number of anilines is 1. The van der Waals surface area contributed by atoms with E-state index in [-0.39, 0.29) is 10.9 Å². The first kappa shape index (κ1) is 15.3. The van der Waals surface area contributed by atoms with Crippen LogP contribution in [0, 0.1) is 0 Å². The Bertz CT molecular complexity index is 757. The summed E-state index contributed by atoms with van der Waals surface area (Å²) in [4.78, 5) is 2.34. The molecule has 0 saturated carbocycles. The van der Waals surface area contributed by atoms with Gasteiger partial charge in [-0.1, -0.05) is 11.6 Å². The Labute approximate surface area is 134 Å². The second-order valence-corrected chi connectivity index (χ2v) is 7.53. The molecule has 1 aromatic carbocycles. The molecule has 1 atom stereocenters. The quantitative estimate of drug-likeness (QED) is 0.918. The monoisotopic (exact) mass is 340 g/mol. The average molecular weight is 341 g/mol. The van der Waals surface area contributed by atoms with Gasteiger partial charge >= 0.3 is 0 Å². The fraction of sp³-hybridized carbons (Fsp3) is 0.357. The van der Waals surface area contributed by atoms with E-state index in [1.54, 1.807) is 7.05 Å². The van der Waals surface area contributed by atoms with Crippen molar-refractivity contribution in [1.29, 1.82) is 0 Å². The molecule has 1 unspecified atom stereocenters. The van der Waals surface area contributed by atoms with Crippen molar-refractivity contribution in [2.24, 2.45) is 7.05 Å². The maximum absolute atomic E-state index is 12.3. The lowest BCUT2D eigenvalue weighted by atomic mass is 10.3. The second-order valence-electron chi connectivity index (χ2n) is 5.38. The van der Waals surface area contributed by atoms with Crippen LogP contribution in [0.15, 0.2) is 41.6 Å². The molecule has 1 aromatic heterocycles. The van der Waals surface area contributed by atoms with Gasteiger partial charge in [-0.25, -0.2) is 13.1 Å². The fourth-order valence-electron chi connectivity index (χ4n) is 2.57. The van der Waals surface area contributed by atoms with E-state index in [1.165, 1.54) is 17.1 Å². The zero-order chi connectivity index (χ0) is 15.7. The summed E-state index contributed by atoms with van der Waals surface area (Å²) in [6, 6.07) is 7.45. The van der Waals surface area contributed by atoms with Gasteiger partial charge in [0.05, 0.1) is 6.20 Å². The number of benzene rings is 1. The molecule has 8 heteroatoms. The van der Waals surface area contributed by atoms with Crippen LogP contribution in [0.2, 0.25) is 5.02 Å². The Morgan fingerprint density at radius 3 is 2.68 bits per heavy atom. The number of sulfonamides is 1. The maximum Gasteiger partial charge on any atom is 0.244 e. The number of nitrogens with zero attached hydrogens (tertiary/aromatic N) is 3. The van der Waals surface area contributed by atoms with Crippen molar-refractivity contribution >= 4 is 27.3 Å². The third-order valence-electron chi connectivity index (χ3n) is 3.69. The van der Waals surface area contributed by atoms with Gasteiger partial charge in [0.1, 0.15) is 4.90 Å². The molecule has 3 rings (SSSR count). The standard InChI is InChI=1S/C14H17ClN4O2S/c1-18-10-14(8-16-18)22(20,21)17-12-6-7-19(9-12)13-4-2-11(15)3-5-13/h2-5,8,10,12,17H,6-7,9H2,1H3. The molecular formula is C14H17ClN4O2S. The van der Waals surface area contributed by atoms with Crippen LogP contribution in [0.4, 0.5) is 5.69 Å². The van der Waals surface area contributed by atoms with Crippen LogP contribution < -0.4 is 9.62 Å². The molecule has 0 spiro atoms. The Morgan fingerprint density at radius 1 is 1.32 bits per heavy atom. The van der Waals surface area contributed by atoms with E-state index in [0.29, 0.717) is 11.6 Å². The van der Waals surface area contributed by atoms with Crippen LogP contribution in [0.1, 0.15) is 6.42 Å². The SMILES string of the molecule is Cn1cc(S(=O)(=O)NC2CCN(c3ccc(Cl)cc3)C2)cn1. The predicted octanol–water partition coefficient (Wildman–Crippen LogP) is 1.63. The van der Waals surface area contributed by atoms with Gasteiger partial charge in [-0.05, 0) is 30.7 Å². The van der Waals surface area contributed by atoms with Crippen LogP contribution in [0.25, 0.3) is 0 Å². The highest BCUT2D eigenvalue weighted by Crippen LogP contribution is 2.23. The van der Waals surface area contributed by atoms with E-state index in [2.05, 4.69) is 14.7 Å². The number of hydrogen-bond donors (Lipinski definition) is 1.